The molecular formula is C16H15N5. The fraction of sp³-hybridized carbons (Fsp3) is 0.312. The van der Waals surface area contributed by atoms with Gasteiger partial charge in [-0.05, 0) is 49.9 Å². The smallest absolute Gasteiger partial charge is 0.177 e. The second-order valence-corrected chi connectivity index (χ2v) is 5.68. The van der Waals surface area contributed by atoms with Gasteiger partial charge in [0, 0.05) is 5.56 Å². The van der Waals surface area contributed by atoms with Crippen molar-refractivity contribution in [1.82, 2.24) is 19.7 Å². The van der Waals surface area contributed by atoms with E-state index in [2.05, 4.69) is 23.1 Å². The van der Waals surface area contributed by atoms with E-state index in [0.717, 1.165) is 28.5 Å². The van der Waals surface area contributed by atoms with Crippen molar-refractivity contribution in [2.45, 2.75) is 25.8 Å². The lowest BCUT2D eigenvalue weighted by atomic mass is 10.1. The predicted octanol–water partition coefficient (Wildman–Crippen LogP) is 3.27. The van der Waals surface area contributed by atoms with Gasteiger partial charge < -0.3 is 4.98 Å². The Kier molecular flexibility index (Phi) is 2.58. The van der Waals surface area contributed by atoms with Gasteiger partial charge in [-0.25, -0.2) is 9.67 Å². The van der Waals surface area contributed by atoms with E-state index in [1.54, 1.807) is 0 Å². The number of benzene rings is 1. The number of hydrogen-bond acceptors (Lipinski definition) is 3. The standard InChI is InChI=1S/C16H15N5/c1-10(12-6-7-12)21-16-14(9-18-21)19-15(20-16)13-4-2-11(8-17)3-5-13/h2-5,9-10,12H,6-7H2,1H3,(H,19,20)/t10-/m0/s1. The lowest BCUT2D eigenvalue weighted by molar-refractivity contribution is 0.451. The Bertz CT molecular complexity index is 830. The van der Waals surface area contributed by atoms with Crippen molar-refractivity contribution in [3.05, 3.63) is 36.0 Å². The minimum absolute atomic E-state index is 0.402. The van der Waals surface area contributed by atoms with Crippen molar-refractivity contribution in [2.24, 2.45) is 5.92 Å². The fourth-order valence-electron chi connectivity index (χ4n) is 2.73. The number of aromatic nitrogens is 4. The molecule has 0 spiro atoms. The van der Waals surface area contributed by atoms with Gasteiger partial charge in [-0.1, -0.05) is 0 Å². The van der Waals surface area contributed by atoms with Gasteiger partial charge in [0.1, 0.15) is 11.3 Å². The molecule has 0 bridgehead atoms. The van der Waals surface area contributed by atoms with E-state index in [-0.39, 0.29) is 0 Å². The Morgan fingerprint density at radius 2 is 2.10 bits per heavy atom. The van der Waals surface area contributed by atoms with Crippen LogP contribution in [-0.4, -0.2) is 19.7 Å². The third kappa shape index (κ3) is 2.00. The molecule has 3 aromatic rings. The molecule has 1 aliphatic rings. The normalized spacial score (nSPS) is 16.0. The second-order valence-electron chi connectivity index (χ2n) is 5.68. The summed E-state index contributed by atoms with van der Waals surface area (Å²) in [4.78, 5) is 8.00. The van der Waals surface area contributed by atoms with Crippen LogP contribution in [0.3, 0.4) is 0 Å². The Morgan fingerprint density at radius 3 is 2.76 bits per heavy atom. The summed E-state index contributed by atoms with van der Waals surface area (Å²) in [6.45, 7) is 2.21. The minimum Gasteiger partial charge on any atom is -0.335 e. The number of nitrogens with one attached hydrogen (secondary N) is 1. The molecule has 21 heavy (non-hydrogen) atoms. The second kappa shape index (κ2) is 4.45. The summed E-state index contributed by atoms with van der Waals surface area (Å²) >= 11 is 0. The van der Waals surface area contributed by atoms with Crippen LogP contribution >= 0.6 is 0 Å². The number of H-pyrrole nitrogens is 1. The zero-order valence-electron chi connectivity index (χ0n) is 11.7. The van der Waals surface area contributed by atoms with Crippen molar-refractivity contribution in [1.29, 1.82) is 5.26 Å². The maximum absolute atomic E-state index is 8.85. The van der Waals surface area contributed by atoms with Crippen LogP contribution in [0.1, 0.15) is 31.4 Å². The molecule has 2 heterocycles. The molecular weight excluding hydrogens is 262 g/mol. The van der Waals surface area contributed by atoms with E-state index in [0.29, 0.717) is 11.6 Å². The van der Waals surface area contributed by atoms with Crippen molar-refractivity contribution < 1.29 is 0 Å². The van der Waals surface area contributed by atoms with E-state index in [1.165, 1.54) is 12.8 Å². The number of imidazole rings is 1. The zero-order chi connectivity index (χ0) is 14.4. The lowest BCUT2D eigenvalue weighted by Gasteiger charge is -2.10. The van der Waals surface area contributed by atoms with Gasteiger partial charge in [-0.3, -0.25) is 0 Å². The van der Waals surface area contributed by atoms with Gasteiger partial charge in [0.2, 0.25) is 0 Å². The van der Waals surface area contributed by atoms with E-state index in [9.17, 15) is 0 Å². The first kappa shape index (κ1) is 12.2. The molecule has 4 rings (SSSR count). The van der Waals surface area contributed by atoms with Crippen molar-refractivity contribution in [2.75, 3.05) is 0 Å². The first-order chi connectivity index (χ1) is 10.3. The minimum atomic E-state index is 0.402. The number of fused-ring (bicyclic) bond motifs is 1. The SMILES string of the molecule is C[C@@H](C1CC1)n1ncc2[nH]c(-c3ccc(C#N)cc3)nc21. The van der Waals surface area contributed by atoms with Crippen LogP contribution in [0.25, 0.3) is 22.6 Å². The van der Waals surface area contributed by atoms with Gasteiger partial charge >= 0.3 is 0 Å². The Balaban J connectivity index is 1.74. The van der Waals surface area contributed by atoms with E-state index in [4.69, 9.17) is 10.2 Å². The highest BCUT2D eigenvalue weighted by Crippen LogP contribution is 2.40. The molecule has 1 atom stereocenters. The number of rotatable bonds is 3. The molecule has 0 saturated heterocycles. The molecule has 1 N–H and O–H groups in total. The van der Waals surface area contributed by atoms with Gasteiger partial charge in [0.15, 0.2) is 5.65 Å². The molecule has 5 heteroatoms. The summed E-state index contributed by atoms with van der Waals surface area (Å²) in [5, 5.41) is 13.3. The highest BCUT2D eigenvalue weighted by atomic mass is 15.3. The van der Waals surface area contributed by atoms with Crippen LogP contribution in [0, 0.1) is 17.2 Å². The predicted molar refractivity (Wildman–Crippen MR) is 79.5 cm³/mol. The average molecular weight is 277 g/mol. The van der Waals surface area contributed by atoms with Crippen molar-refractivity contribution >= 4 is 11.2 Å². The molecule has 104 valence electrons. The molecule has 0 amide bonds. The number of hydrogen-bond donors (Lipinski definition) is 1. The van der Waals surface area contributed by atoms with E-state index in [1.807, 2.05) is 35.1 Å². The summed E-state index contributed by atoms with van der Waals surface area (Å²) in [5.74, 6) is 1.56. The molecule has 2 aromatic heterocycles. The summed E-state index contributed by atoms with van der Waals surface area (Å²) in [7, 11) is 0. The average Bonchev–Trinajstić information content (AvgIpc) is 3.17. The molecule has 5 nitrogen and oxygen atoms in total. The molecule has 1 saturated carbocycles. The summed E-state index contributed by atoms with van der Waals surface area (Å²) in [6.07, 6.45) is 4.42. The maximum atomic E-state index is 8.85. The number of aromatic amines is 1. The van der Waals surface area contributed by atoms with Crippen LogP contribution in [0.2, 0.25) is 0 Å². The van der Waals surface area contributed by atoms with E-state index >= 15 is 0 Å². The van der Waals surface area contributed by atoms with Crippen LogP contribution in [-0.2, 0) is 0 Å². The lowest BCUT2D eigenvalue weighted by Crippen LogP contribution is -2.08. The van der Waals surface area contributed by atoms with E-state index < -0.39 is 0 Å². The quantitative estimate of drug-likeness (QED) is 0.798. The number of nitriles is 1. The molecule has 0 radical (unpaired) electrons. The monoisotopic (exact) mass is 277 g/mol. The van der Waals surface area contributed by atoms with Crippen LogP contribution in [0.5, 0.6) is 0 Å². The molecule has 1 fully saturated rings. The van der Waals surface area contributed by atoms with Gasteiger partial charge in [0.05, 0.1) is 23.9 Å². The fourth-order valence-corrected chi connectivity index (χ4v) is 2.73. The van der Waals surface area contributed by atoms with Crippen LogP contribution in [0.4, 0.5) is 0 Å². The highest BCUT2D eigenvalue weighted by molar-refractivity contribution is 5.76. The first-order valence-electron chi connectivity index (χ1n) is 7.20. The third-order valence-electron chi connectivity index (χ3n) is 4.22. The van der Waals surface area contributed by atoms with Crippen molar-refractivity contribution in [3.63, 3.8) is 0 Å². The topological polar surface area (TPSA) is 70.3 Å². The summed E-state index contributed by atoms with van der Waals surface area (Å²) in [6, 6.07) is 9.97. The maximum Gasteiger partial charge on any atom is 0.177 e. The molecule has 1 aromatic carbocycles. The molecule has 1 aliphatic carbocycles. The van der Waals surface area contributed by atoms with Gasteiger partial charge in [0.25, 0.3) is 0 Å². The summed E-state index contributed by atoms with van der Waals surface area (Å²) < 4.78 is 2.02. The van der Waals surface area contributed by atoms with Crippen molar-refractivity contribution in [3.8, 4) is 17.5 Å². The Morgan fingerprint density at radius 1 is 1.33 bits per heavy atom. The highest BCUT2D eigenvalue weighted by Gasteiger charge is 2.31. The largest absolute Gasteiger partial charge is 0.335 e. The first-order valence-corrected chi connectivity index (χ1v) is 7.20. The Hall–Kier alpha value is -2.61. The Labute approximate surface area is 122 Å². The van der Waals surface area contributed by atoms with Crippen LogP contribution in [0.15, 0.2) is 30.5 Å². The third-order valence-corrected chi connectivity index (χ3v) is 4.22. The van der Waals surface area contributed by atoms with Gasteiger partial charge in [-0.15, -0.1) is 0 Å². The summed E-state index contributed by atoms with van der Waals surface area (Å²) in [5.41, 5.74) is 3.51. The number of nitrogens with zero attached hydrogens (tertiary/aromatic N) is 4. The zero-order valence-corrected chi connectivity index (χ0v) is 11.7. The molecule has 0 aliphatic heterocycles. The molecule has 0 unspecified atom stereocenters. The van der Waals surface area contributed by atoms with Gasteiger partial charge in [-0.2, -0.15) is 10.4 Å². The van der Waals surface area contributed by atoms with Crippen LogP contribution < -0.4 is 0 Å².